The summed E-state index contributed by atoms with van der Waals surface area (Å²) in [7, 11) is 0. The minimum Gasteiger partial charge on any atom is -0.126 e. The average molecular weight is 390 g/mol. The highest BCUT2D eigenvalue weighted by Crippen LogP contribution is 2.27. The first-order chi connectivity index (χ1) is 11.3. The molecule has 0 spiro atoms. The van der Waals surface area contributed by atoms with Gasteiger partial charge in [0.2, 0.25) is 0 Å². The molecule has 0 saturated carbocycles. The number of hydrogen-bond donors (Lipinski definition) is 0. The van der Waals surface area contributed by atoms with Crippen molar-refractivity contribution in [2.24, 2.45) is 0 Å². The zero-order chi connectivity index (χ0) is 18.3. The van der Waals surface area contributed by atoms with E-state index in [1.54, 1.807) is 0 Å². The molecular weight excluding hydrogens is 351 g/mol. The van der Waals surface area contributed by atoms with Gasteiger partial charge in [0.05, 0.1) is 0 Å². The van der Waals surface area contributed by atoms with E-state index in [-0.39, 0.29) is 0 Å². The zero-order valence-electron chi connectivity index (χ0n) is 16.4. The third-order valence-electron chi connectivity index (χ3n) is 4.02. The Morgan fingerprint density at radius 1 is 0.591 bits per heavy atom. The maximum atomic E-state index is 8.03. The van der Waals surface area contributed by atoms with Gasteiger partial charge in [0, 0.05) is 2.74 Å². The summed E-state index contributed by atoms with van der Waals surface area (Å²) in [5, 5.41) is 0. The van der Waals surface area contributed by atoms with Gasteiger partial charge in [-0.2, -0.15) is 0 Å². The number of halogens is 3. The highest BCUT2D eigenvalue weighted by Gasteiger charge is 2.23. The molecule has 0 aromatic heterocycles. The molecule has 0 fully saturated rings. The van der Waals surface area contributed by atoms with Crippen molar-refractivity contribution < 1.29 is 2.74 Å². The molecule has 0 saturated heterocycles. The first-order valence-electron chi connectivity index (χ1n) is 10.3. The van der Waals surface area contributed by atoms with E-state index in [0.717, 1.165) is 12.8 Å². The van der Waals surface area contributed by atoms with Crippen LogP contribution in [0.5, 0.6) is 0 Å². The van der Waals surface area contributed by atoms with Gasteiger partial charge in [-0.1, -0.05) is 110 Å². The Labute approximate surface area is 157 Å². The Kier molecular flexibility index (Phi) is 14.9. The SMILES string of the molecule is [2H]C([2H])(CCCCCCCCCCCCCC)CCC[Si](Cl)(Cl)Cl. The van der Waals surface area contributed by atoms with Crippen LogP contribution >= 0.6 is 33.2 Å². The molecule has 0 amide bonds. The van der Waals surface area contributed by atoms with E-state index in [2.05, 4.69) is 6.92 Å². The fourth-order valence-corrected chi connectivity index (χ4v) is 4.41. The Morgan fingerprint density at radius 2 is 0.955 bits per heavy atom. The molecule has 22 heavy (non-hydrogen) atoms. The first kappa shape index (κ1) is 19.4. The van der Waals surface area contributed by atoms with E-state index in [0.29, 0.717) is 25.3 Å². The lowest BCUT2D eigenvalue weighted by Gasteiger charge is -2.07. The Balaban J connectivity index is 3.36. The van der Waals surface area contributed by atoms with Gasteiger partial charge in [0.1, 0.15) is 0 Å². The second kappa shape index (κ2) is 16.9. The van der Waals surface area contributed by atoms with Crippen molar-refractivity contribution in [1.82, 2.24) is 0 Å². The molecule has 0 radical (unpaired) electrons. The van der Waals surface area contributed by atoms with Crippen LogP contribution in [0.25, 0.3) is 0 Å². The molecule has 0 rings (SSSR count). The van der Waals surface area contributed by atoms with Gasteiger partial charge in [-0.05, 0) is 6.04 Å². The predicted molar refractivity (Wildman–Crippen MR) is 108 cm³/mol. The summed E-state index contributed by atoms with van der Waals surface area (Å²) in [5.41, 5.74) is 0. The predicted octanol–water partition coefficient (Wildman–Crippen LogP) is 8.90. The standard InChI is InChI=1S/C18H37Cl3Si/c1-2-3-4-5-6-7-8-9-10-11-12-13-14-15-16-17-18-22(19,20)21/h2-18H2,1H3/i15D2. The fourth-order valence-electron chi connectivity index (χ4n) is 2.63. The molecule has 0 bridgehead atoms. The van der Waals surface area contributed by atoms with Crippen LogP contribution in [0.15, 0.2) is 0 Å². The van der Waals surface area contributed by atoms with Crippen molar-refractivity contribution in [3.8, 4) is 0 Å². The molecule has 0 N–H and O–H groups in total. The van der Waals surface area contributed by atoms with Crippen LogP contribution < -0.4 is 0 Å². The minimum atomic E-state index is -2.58. The summed E-state index contributed by atoms with van der Waals surface area (Å²) in [4.78, 5) is 0. The zero-order valence-corrected chi connectivity index (χ0v) is 17.7. The van der Waals surface area contributed by atoms with E-state index >= 15 is 0 Å². The maximum absolute atomic E-state index is 8.03. The molecule has 0 aromatic carbocycles. The molecule has 134 valence electrons. The van der Waals surface area contributed by atoms with Crippen LogP contribution in [-0.4, -0.2) is 6.00 Å². The van der Waals surface area contributed by atoms with Crippen molar-refractivity contribution in [3.63, 3.8) is 0 Å². The lowest BCUT2D eigenvalue weighted by molar-refractivity contribution is 0.531. The van der Waals surface area contributed by atoms with Crippen molar-refractivity contribution in [1.29, 1.82) is 0 Å². The molecule has 0 aliphatic carbocycles. The molecule has 0 unspecified atom stereocenters. The number of rotatable bonds is 17. The number of hydrogen-bond acceptors (Lipinski definition) is 0. The van der Waals surface area contributed by atoms with Crippen LogP contribution in [0.4, 0.5) is 0 Å². The second-order valence-electron chi connectivity index (χ2n) is 6.36. The third-order valence-corrected chi connectivity index (χ3v) is 6.64. The molecule has 0 aromatic rings. The highest BCUT2D eigenvalue weighted by molar-refractivity contribution is 7.64. The largest absolute Gasteiger partial charge is 0.341 e. The van der Waals surface area contributed by atoms with Crippen molar-refractivity contribution >= 4 is 39.2 Å². The van der Waals surface area contributed by atoms with E-state index in [1.807, 2.05) is 0 Å². The van der Waals surface area contributed by atoms with Gasteiger partial charge in [-0.25, -0.2) is 0 Å². The molecule has 0 heterocycles. The van der Waals surface area contributed by atoms with E-state index < -0.39 is 12.4 Å². The number of unbranched alkanes of at least 4 members (excludes halogenated alkanes) is 11. The summed E-state index contributed by atoms with van der Waals surface area (Å²) < 4.78 is 16.1. The van der Waals surface area contributed by atoms with Gasteiger partial charge in [-0.3, -0.25) is 0 Å². The fraction of sp³-hybridized carbons (Fsp3) is 1.00. The van der Waals surface area contributed by atoms with Crippen LogP contribution in [0.3, 0.4) is 0 Å². The highest BCUT2D eigenvalue weighted by atomic mass is 35.8. The summed E-state index contributed by atoms with van der Waals surface area (Å²) >= 11 is 17.5. The molecule has 0 nitrogen and oxygen atoms in total. The van der Waals surface area contributed by atoms with Gasteiger partial charge in [0.25, 0.3) is 0 Å². The Morgan fingerprint density at radius 3 is 1.36 bits per heavy atom. The molecular formula is C18H37Cl3Si. The average Bonchev–Trinajstić information content (AvgIpc) is 2.46. The third kappa shape index (κ3) is 21.1. The topological polar surface area (TPSA) is 0 Å². The lowest BCUT2D eigenvalue weighted by Crippen LogP contribution is -2.07. The van der Waals surface area contributed by atoms with Crippen LogP contribution in [0.1, 0.15) is 112 Å². The summed E-state index contributed by atoms with van der Waals surface area (Å²) in [6.45, 7) is 2.26. The summed E-state index contributed by atoms with van der Waals surface area (Å²) in [5.74, 6) is 0. The smallest absolute Gasteiger partial charge is 0.126 e. The minimum absolute atomic E-state index is 0.520. The maximum Gasteiger partial charge on any atom is 0.341 e. The van der Waals surface area contributed by atoms with Crippen LogP contribution in [-0.2, 0) is 0 Å². The van der Waals surface area contributed by atoms with Crippen LogP contribution in [0.2, 0.25) is 6.04 Å². The van der Waals surface area contributed by atoms with E-state index in [1.165, 1.54) is 64.2 Å². The van der Waals surface area contributed by atoms with Crippen LogP contribution in [0, 0.1) is 0 Å². The van der Waals surface area contributed by atoms with E-state index in [4.69, 9.17) is 36.0 Å². The Bertz CT molecular complexity index is 284. The Hall–Kier alpha value is 1.09. The van der Waals surface area contributed by atoms with E-state index in [9.17, 15) is 0 Å². The monoisotopic (exact) mass is 388 g/mol. The summed E-state index contributed by atoms with van der Waals surface area (Å²) in [6.07, 6.45) is 16.5. The second-order valence-corrected chi connectivity index (χ2v) is 15.6. The molecule has 4 heteroatoms. The van der Waals surface area contributed by atoms with Gasteiger partial charge >= 0.3 is 6.00 Å². The van der Waals surface area contributed by atoms with Gasteiger partial charge in [-0.15, -0.1) is 33.2 Å². The molecule has 0 aliphatic heterocycles. The molecule has 0 aliphatic rings. The lowest BCUT2D eigenvalue weighted by atomic mass is 10.0. The first-order valence-corrected chi connectivity index (χ1v) is 14.6. The molecule has 0 atom stereocenters. The summed E-state index contributed by atoms with van der Waals surface area (Å²) in [6, 6.07) is -2.01. The normalized spacial score (nSPS) is 14.0. The van der Waals surface area contributed by atoms with Crippen molar-refractivity contribution in [2.75, 3.05) is 0 Å². The van der Waals surface area contributed by atoms with Gasteiger partial charge < -0.3 is 0 Å². The van der Waals surface area contributed by atoms with Gasteiger partial charge in [0.15, 0.2) is 0 Å². The van der Waals surface area contributed by atoms with Crippen molar-refractivity contribution in [2.45, 2.75) is 116 Å². The quantitative estimate of drug-likeness (QED) is 0.132. The van der Waals surface area contributed by atoms with Crippen molar-refractivity contribution in [3.05, 3.63) is 0 Å².